The first-order valence-corrected chi connectivity index (χ1v) is 4.84. The van der Waals surface area contributed by atoms with Crippen molar-refractivity contribution in [2.24, 2.45) is 11.7 Å². The fourth-order valence-corrected chi connectivity index (χ4v) is 1.43. The van der Waals surface area contributed by atoms with Gasteiger partial charge in [0.25, 0.3) is 11.0 Å². The van der Waals surface area contributed by atoms with Crippen molar-refractivity contribution in [1.29, 1.82) is 0 Å². The molecule has 0 atom stereocenters. The molecule has 62 valence electrons. The van der Waals surface area contributed by atoms with Crippen LogP contribution in [0.25, 0.3) is 0 Å². The van der Waals surface area contributed by atoms with Gasteiger partial charge in [0.15, 0.2) is 0 Å². The minimum Gasteiger partial charge on any atom is -0.282 e. The summed E-state index contributed by atoms with van der Waals surface area (Å²) in [4.78, 5) is 0. The van der Waals surface area contributed by atoms with Crippen molar-refractivity contribution < 1.29 is 4.57 Å². The Balaban J connectivity index is 4.51. The zero-order valence-electron chi connectivity index (χ0n) is 4.64. The molecule has 0 rings (SSSR count). The van der Waals surface area contributed by atoms with Crippen molar-refractivity contribution in [3.05, 3.63) is 0 Å². The lowest BCUT2D eigenvalue weighted by atomic mass is 11.8. The minimum atomic E-state index is -3.51. The summed E-state index contributed by atoms with van der Waals surface area (Å²) in [6.07, 6.45) is 0. The van der Waals surface area contributed by atoms with Crippen LogP contribution in [0.4, 0.5) is 0 Å². The SMILES string of the molecule is NNP(=O)(NN)C(Cl)(Cl)Cl. The Hall–Kier alpha value is 0.940. The molecular weight excluding hydrogens is 221 g/mol. The molecule has 0 aliphatic carbocycles. The predicted octanol–water partition coefficient (Wildman–Crippen LogP) is 0.434. The second-order valence-corrected chi connectivity index (χ2v) is 6.81. The maximum absolute atomic E-state index is 11.1. The average molecular weight is 227 g/mol. The lowest BCUT2D eigenvalue weighted by Gasteiger charge is -2.21. The van der Waals surface area contributed by atoms with E-state index in [4.69, 9.17) is 46.5 Å². The Labute approximate surface area is 72.8 Å². The van der Waals surface area contributed by atoms with Crippen LogP contribution in [0.2, 0.25) is 0 Å². The van der Waals surface area contributed by atoms with Gasteiger partial charge in [-0.15, -0.1) is 0 Å². The van der Waals surface area contributed by atoms with Gasteiger partial charge in [-0.3, -0.25) is 16.3 Å². The summed E-state index contributed by atoms with van der Waals surface area (Å²) in [5.41, 5.74) is 0. The molecule has 0 fully saturated rings. The van der Waals surface area contributed by atoms with Crippen molar-refractivity contribution >= 4 is 42.2 Å². The van der Waals surface area contributed by atoms with E-state index >= 15 is 0 Å². The molecule has 0 aromatic rings. The highest BCUT2D eigenvalue weighted by molar-refractivity contribution is 7.67. The summed E-state index contributed by atoms with van der Waals surface area (Å²) in [6, 6.07) is 0. The first kappa shape index (κ1) is 10.9. The second kappa shape index (κ2) is 3.56. The van der Waals surface area contributed by atoms with Crippen LogP contribution >= 0.6 is 42.2 Å². The first-order valence-electron chi connectivity index (χ1n) is 2.00. The molecule has 0 amide bonds. The van der Waals surface area contributed by atoms with Crippen LogP contribution in [0.1, 0.15) is 0 Å². The van der Waals surface area contributed by atoms with Crippen LogP contribution in [0.15, 0.2) is 0 Å². The van der Waals surface area contributed by atoms with Gasteiger partial charge in [-0.1, -0.05) is 34.8 Å². The molecule has 0 saturated carbocycles. The van der Waals surface area contributed by atoms with Crippen molar-refractivity contribution in [2.75, 3.05) is 0 Å². The van der Waals surface area contributed by atoms with E-state index in [2.05, 4.69) is 0 Å². The molecule has 0 bridgehead atoms. The van der Waals surface area contributed by atoms with E-state index in [9.17, 15) is 4.57 Å². The molecule has 0 spiro atoms. The van der Waals surface area contributed by atoms with Gasteiger partial charge in [-0.05, 0) is 0 Å². The van der Waals surface area contributed by atoms with Gasteiger partial charge in [-0.2, -0.15) is 10.4 Å². The van der Waals surface area contributed by atoms with Gasteiger partial charge in [-0.25, -0.2) is 0 Å². The van der Waals surface area contributed by atoms with Gasteiger partial charge in [0.05, 0.1) is 0 Å². The van der Waals surface area contributed by atoms with Gasteiger partial charge < -0.3 is 0 Å². The largest absolute Gasteiger partial charge is 0.286 e. The van der Waals surface area contributed by atoms with Crippen molar-refractivity contribution in [1.82, 2.24) is 10.4 Å². The molecule has 9 heteroatoms. The Morgan fingerprint density at radius 2 is 1.50 bits per heavy atom. The van der Waals surface area contributed by atoms with E-state index in [0.717, 1.165) is 0 Å². The third-order valence-electron chi connectivity index (χ3n) is 0.721. The quantitative estimate of drug-likeness (QED) is 0.238. The highest BCUT2D eigenvalue weighted by atomic mass is 35.6. The number of nitrogens with one attached hydrogen (secondary N) is 2. The summed E-state index contributed by atoms with van der Waals surface area (Å²) >= 11 is 15.7. The van der Waals surface area contributed by atoms with Crippen molar-refractivity contribution in [2.45, 2.75) is 3.53 Å². The molecule has 0 radical (unpaired) electrons. The number of hydrogen-bond acceptors (Lipinski definition) is 3. The normalized spacial score (nSPS) is 13.7. The van der Waals surface area contributed by atoms with Crippen LogP contribution < -0.4 is 22.1 Å². The molecule has 0 saturated heterocycles. The minimum absolute atomic E-state index is 1.79. The number of alkyl halides is 3. The maximum Gasteiger partial charge on any atom is 0.286 e. The summed E-state index contributed by atoms with van der Waals surface area (Å²) < 4.78 is 9.06. The predicted molar refractivity (Wildman–Crippen MR) is 42.5 cm³/mol. The van der Waals surface area contributed by atoms with E-state index in [-0.39, 0.29) is 0 Å². The maximum atomic E-state index is 11.1. The molecule has 0 unspecified atom stereocenters. The lowest BCUT2D eigenvalue weighted by molar-refractivity contribution is 0.556. The summed E-state index contributed by atoms with van der Waals surface area (Å²) in [7, 11) is -3.51. The van der Waals surface area contributed by atoms with Crippen LogP contribution in [0.3, 0.4) is 0 Å². The molecule has 0 aromatic carbocycles. The zero-order valence-corrected chi connectivity index (χ0v) is 7.81. The van der Waals surface area contributed by atoms with Gasteiger partial charge >= 0.3 is 0 Å². The van der Waals surface area contributed by atoms with Gasteiger partial charge in [0, 0.05) is 0 Å². The molecular formula is CH6Cl3N4OP. The molecule has 0 aliphatic heterocycles. The molecule has 6 N–H and O–H groups in total. The third-order valence-corrected chi connectivity index (χ3v) is 4.30. The number of nitrogens with two attached hydrogens (primary N) is 2. The standard InChI is InChI=1S/CH6Cl3N4OP/c2-1(3,4)10(9,7-5)8-6/h5-6H2,(H2,7,8,9). The van der Waals surface area contributed by atoms with E-state index in [1.165, 1.54) is 0 Å². The fourth-order valence-electron chi connectivity index (χ4n) is 0.184. The smallest absolute Gasteiger partial charge is 0.282 e. The number of rotatable bonds is 2. The van der Waals surface area contributed by atoms with Crippen LogP contribution in [0, 0.1) is 0 Å². The van der Waals surface area contributed by atoms with Crippen LogP contribution in [-0.4, -0.2) is 3.53 Å². The summed E-state index contributed by atoms with van der Waals surface area (Å²) in [5, 5.41) is 3.58. The van der Waals surface area contributed by atoms with Gasteiger partial charge in [0.2, 0.25) is 0 Å². The van der Waals surface area contributed by atoms with Crippen molar-refractivity contribution in [3.8, 4) is 0 Å². The van der Waals surface area contributed by atoms with E-state index in [0.29, 0.717) is 0 Å². The Bertz CT molecular complexity index is 147. The monoisotopic (exact) mass is 226 g/mol. The number of hydrogen-bond donors (Lipinski definition) is 4. The molecule has 0 aliphatic rings. The van der Waals surface area contributed by atoms with E-state index in [1.807, 2.05) is 0 Å². The third kappa shape index (κ3) is 2.22. The molecule has 10 heavy (non-hydrogen) atoms. The lowest BCUT2D eigenvalue weighted by Crippen LogP contribution is -2.37. The van der Waals surface area contributed by atoms with Crippen LogP contribution in [-0.2, 0) is 4.57 Å². The van der Waals surface area contributed by atoms with Crippen molar-refractivity contribution in [3.63, 3.8) is 0 Å². The zero-order chi connectivity index (χ0) is 8.41. The van der Waals surface area contributed by atoms with Crippen LogP contribution in [0.5, 0.6) is 0 Å². The highest BCUT2D eigenvalue weighted by Gasteiger charge is 2.42. The average Bonchev–Trinajstić information content (AvgIpc) is 1.84. The number of hydrazine groups is 2. The molecule has 0 aromatic heterocycles. The first-order chi connectivity index (χ1) is 4.37. The highest BCUT2D eigenvalue weighted by Crippen LogP contribution is 2.57. The van der Waals surface area contributed by atoms with E-state index < -0.39 is 11.0 Å². The Morgan fingerprint density at radius 3 is 1.50 bits per heavy atom. The molecule has 0 heterocycles. The second-order valence-electron chi connectivity index (χ2n) is 1.34. The van der Waals surface area contributed by atoms with E-state index in [1.54, 1.807) is 10.4 Å². The fraction of sp³-hybridized carbons (Fsp3) is 1.00. The summed E-state index contributed by atoms with van der Waals surface area (Å²) in [5.74, 6) is 9.59. The molecule has 5 nitrogen and oxygen atoms in total. The Morgan fingerprint density at radius 1 is 1.20 bits per heavy atom. The van der Waals surface area contributed by atoms with Gasteiger partial charge in [0.1, 0.15) is 0 Å². The topological polar surface area (TPSA) is 93.2 Å². The summed E-state index contributed by atoms with van der Waals surface area (Å²) in [6.45, 7) is 0. The number of halogens is 3. The Kier molecular flexibility index (Phi) is 3.89.